The number of nitrogen functional groups attached to an aromatic ring is 1. The lowest BCUT2D eigenvalue weighted by Crippen LogP contribution is -2.09. The van der Waals surface area contributed by atoms with Crippen LogP contribution in [0.15, 0.2) is 6.07 Å². The number of Topliss-reactive ketones (excluding diaryl/α,β-unsaturated/α-hetero) is 1. The molecule has 0 fully saturated rings. The second kappa shape index (κ2) is 4.01. The standard InChI is InChI=1S/C11H14ClNO/c1-6-4-9(13)8(3)11(7(6)2)10(14)5-12/h4H,5,13H2,1-3H3. The highest BCUT2D eigenvalue weighted by Gasteiger charge is 2.14. The van der Waals surface area contributed by atoms with E-state index in [2.05, 4.69) is 0 Å². The van der Waals surface area contributed by atoms with E-state index < -0.39 is 0 Å². The van der Waals surface area contributed by atoms with Crippen LogP contribution in [0.25, 0.3) is 0 Å². The van der Waals surface area contributed by atoms with Gasteiger partial charge in [-0.05, 0) is 43.5 Å². The van der Waals surface area contributed by atoms with E-state index in [1.54, 1.807) is 0 Å². The van der Waals surface area contributed by atoms with Gasteiger partial charge in [-0.2, -0.15) is 0 Å². The van der Waals surface area contributed by atoms with E-state index in [1.807, 2.05) is 26.8 Å². The molecule has 0 aliphatic rings. The summed E-state index contributed by atoms with van der Waals surface area (Å²) in [4.78, 5) is 11.6. The highest BCUT2D eigenvalue weighted by atomic mass is 35.5. The minimum Gasteiger partial charge on any atom is -0.398 e. The van der Waals surface area contributed by atoms with Crippen LogP contribution in [0.3, 0.4) is 0 Å². The Morgan fingerprint density at radius 3 is 2.43 bits per heavy atom. The van der Waals surface area contributed by atoms with Crippen LogP contribution in [0.2, 0.25) is 0 Å². The van der Waals surface area contributed by atoms with Crippen molar-refractivity contribution in [2.45, 2.75) is 20.8 Å². The Balaban J connectivity index is 3.47. The van der Waals surface area contributed by atoms with Crippen molar-refractivity contribution in [3.05, 3.63) is 28.3 Å². The molecule has 14 heavy (non-hydrogen) atoms. The van der Waals surface area contributed by atoms with Crippen LogP contribution >= 0.6 is 11.6 Å². The number of carbonyl (C=O) groups is 1. The number of hydrogen-bond acceptors (Lipinski definition) is 2. The van der Waals surface area contributed by atoms with E-state index in [1.165, 1.54) is 0 Å². The first-order valence-corrected chi connectivity index (χ1v) is 4.98. The largest absolute Gasteiger partial charge is 0.398 e. The average molecular weight is 212 g/mol. The fraction of sp³-hybridized carbons (Fsp3) is 0.364. The molecule has 0 spiro atoms. The Morgan fingerprint density at radius 1 is 1.36 bits per heavy atom. The van der Waals surface area contributed by atoms with Crippen molar-refractivity contribution >= 4 is 23.1 Å². The van der Waals surface area contributed by atoms with Gasteiger partial charge in [0.05, 0.1) is 5.88 Å². The molecule has 0 saturated carbocycles. The molecule has 0 radical (unpaired) electrons. The molecule has 0 aliphatic heterocycles. The van der Waals surface area contributed by atoms with Crippen molar-refractivity contribution in [1.29, 1.82) is 0 Å². The molecule has 0 amide bonds. The number of alkyl halides is 1. The maximum Gasteiger partial charge on any atom is 0.178 e. The number of rotatable bonds is 2. The fourth-order valence-electron chi connectivity index (χ4n) is 1.56. The molecular formula is C11H14ClNO. The number of hydrogen-bond donors (Lipinski definition) is 1. The number of benzene rings is 1. The number of carbonyl (C=O) groups excluding carboxylic acids is 1. The summed E-state index contributed by atoms with van der Waals surface area (Å²) in [7, 11) is 0. The van der Waals surface area contributed by atoms with Crippen molar-refractivity contribution < 1.29 is 4.79 Å². The third-order valence-corrected chi connectivity index (χ3v) is 2.79. The molecule has 2 N–H and O–H groups in total. The first kappa shape index (κ1) is 11.1. The first-order valence-electron chi connectivity index (χ1n) is 4.44. The van der Waals surface area contributed by atoms with Gasteiger partial charge in [0.2, 0.25) is 0 Å². The molecular weight excluding hydrogens is 198 g/mol. The van der Waals surface area contributed by atoms with Gasteiger partial charge in [-0.3, -0.25) is 4.79 Å². The maximum atomic E-state index is 11.6. The number of halogens is 1. The number of anilines is 1. The van der Waals surface area contributed by atoms with Gasteiger partial charge in [0.1, 0.15) is 0 Å². The van der Waals surface area contributed by atoms with Gasteiger partial charge in [-0.15, -0.1) is 11.6 Å². The molecule has 76 valence electrons. The van der Waals surface area contributed by atoms with Gasteiger partial charge in [0.15, 0.2) is 5.78 Å². The summed E-state index contributed by atoms with van der Waals surface area (Å²) in [6.45, 7) is 5.71. The average Bonchev–Trinajstić information content (AvgIpc) is 2.15. The summed E-state index contributed by atoms with van der Waals surface area (Å²) < 4.78 is 0. The molecule has 0 saturated heterocycles. The second-order valence-electron chi connectivity index (χ2n) is 3.46. The van der Waals surface area contributed by atoms with Gasteiger partial charge in [-0.1, -0.05) is 0 Å². The van der Waals surface area contributed by atoms with Gasteiger partial charge < -0.3 is 5.73 Å². The molecule has 1 aromatic carbocycles. The quantitative estimate of drug-likeness (QED) is 0.464. The van der Waals surface area contributed by atoms with E-state index in [0.717, 1.165) is 16.7 Å². The zero-order valence-electron chi connectivity index (χ0n) is 8.65. The summed E-state index contributed by atoms with van der Waals surface area (Å²) >= 11 is 5.54. The van der Waals surface area contributed by atoms with Crippen molar-refractivity contribution in [2.24, 2.45) is 0 Å². The van der Waals surface area contributed by atoms with E-state index in [0.29, 0.717) is 11.3 Å². The Morgan fingerprint density at radius 2 is 1.93 bits per heavy atom. The highest BCUT2D eigenvalue weighted by molar-refractivity contribution is 6.31. The predicted octanol–water partition coefficient (Wildman–Crippen LogP) is 2.62. The molecule has 2 nitrogen and oxygen atoms in total. The third-order valence-electron chi connectivity index (χ3n) is 2.55. The minimum absolute atomic E-state index is 0.00454. The van der Waals surface area contributed by atoms with Gasteiger partial charge in [0, 0.05) is 11.3 Å². The Bertz CT molecular complexity index is 359. The van der Waals surface area contributed by atoms with E-state index in [4.69, 9.17) is 17.3 Å². The number of nitrogens with two attached hydrogens (primary N) is 1. The second-order valence-corrected chi connectivity index (χ2v) is 3.73. The third kappa shape index (κ3) is 1.75. The van der Waals surface area contributed by atoms with Crippen LogP contribution < -0.4 is 5.73 Å². The zero-order valence-corrected chi connectivity index (χ0v) is 9.40. The van der Waals surface area contributed by atoms with Crippen molar-refractivity contribution in [3.8, 4) is 0 Å². The maximum absolute atomic E-state index is 11.6. The molecule has 1 aromatic rings. The molecule has 3 heteroatoms. The van der Waals surface area contributed by atoms with E-state index in [9.17, 15) is 4.79 Å². The smallest absolute Gasteiger partial charge is 0.178 e. The van der Waals surface area contributed by atoms with E-state index >= 15 is 0 Å². The van der Waals surface area contributed by atoms with Crippen LogP contribution in [0, 0.1) is 20.8 Å². The molecule has 1 rings (SSSR count). The summed E-state index contributed by atoms with van der Waals surface area (Å²) in [5.41, 5.74) is 9.96. The topological polar surface area (TPSA) is 43.1 Å². The minimum atomic E-state index is -0.0583. The van der Waals surface area contributed by atoms with Crippen molar-refractivity contribution in [1.82, 2.24) is 0 Å². The molecule has 0 aromatic heterocycles. The fourth-order valence-corrected chi connectivity index (χ4v) is 1.69. The lowest BCUT2D eigenvalue weighted by atomic mass is 9.94. The van der Waals surface area contributed by atoms with Crippen LogP contribution in [0.4, 0.5) is 5.69 Å². The Kier molecular flexibility index (Phi) is 3.17. The Labute approximate surface area is 89.1 Å². The molecule has 0 atom stereocenters. The lowest BCUT2D eigenvalue weighted by molar-refractivity contribution is 0.102. The van der Waals surface area contributed by atoms with Crippen LogP contribution in [0.5, 0.6) is 0 Å². The first-order chi connectivity index (χ1) is 6.49. The van der Waals surface area contributed by atoms with Gasteiger partial charge >= 0.3 is 0 Å². The van der Waals surface area contributed by atoms with Crippen molar-refractivity contribution in [2.75, 3.05) is 11.6 Å². The SMILES string of the molecule is Cc1cc(N)c(C)c(C(=O)CCl)c1C. The van der Waals surface area contributed by atoms with Crippen LogP contribution in [0.1, 0.15) is 27.0 Å². The number of ketones is 1. The molecule has 0 bridgehead atoms. The summed E-state index contributed by atoms with van der Waals surface area (Å²) in [5, 5.41) is 0. The van der Waals surface area contributed by atoms with Crippen LogP contribution in [-0.2, 0) is 0 Å². The van der Waals surface area contributed by atoms with Crippen molar-refractivity contribution in [3.63, 3.8) is 0 Å². The van der Waals surface area contributed by atoms with Crippen LogP contribution in [-0.4, -0.2) is 11.7 Å². The normalized spacial score (nSPS) is 10.3. The monoisotopic (exact) mass is 211 g/mol. The summed E-state index contributed by atoms with van der Waals surface area (Å²) in [6.07, 6.45) is 0. The summed E-state index contributed by atoms with van der Waals surface area (Å²) in [6, 6.07) is 1.88. The van der Waals surface area contributed by atoms with Gasteiger partial charge in [-0.25, -0.2) is 0 Å². The molecule has 0 aliphatic carbocycles. The molecule has 0 unspecified atom stereocenters. The van der Waals surface area contributed by atoms with Gasteiger partial charge in [0.25, 0.3) is 0 Å². The number of aryl methyl sites for hydroxylation is 1. The molecule has 0 heterocycles. The zero-order chi connectivity index (χ0) is 10.9. The summed E-state index contributed by atoms with van der Waals surface area (Å²) in [5.74, 6) is -0.0537. The van der Waals surface area contributed by atoms with E-state index in [-0.39, 0.29) is 11.7 Å². The predicted molar refractivity (Wildman–Crippen MR) is 60.1 cm³/mol. The Hall–Kier alpha value is -1.02. The highest BCUT2D eigenvalue weighted by Crippen LogP contribution is 2.24. The lowest BCUT2D eigenvalue weighted by Gasteiger charge is -2.12.